The molecule has 1 unspecified atom stereocenters. The number of nitrogens with one attached hydrogen (secondary N) is 2. The minimum Gasteiger partial charge on any atom is -0.334 e. The van der Waals surface area contributed by atoms with E-state index in [4.69, 9.17) is 0 Å². The Labute approximate surface area is 146 Å². The Hall–Kier alpha value is -3.00. The summed E-state index contributed by atoms with van der Waals surface area (Å²) in [4.78, 5) is 29.2. The van der Waals surface area contributed by atoms with E-state index in [9.17, 15) is 9.59 Å². The van der Waals surface area contributed by atoms with Crippen LogP contribution in [0.4, 0.5) is 4.79 Å². The highest BCUT2D eigenvalue weighted by Crippen LogP contribution is 2.19. The molecule has 8 heteroatoms. The second kappa shape index (κ2) is 8.74. The molecular weight excluding hydrogens is 320 g/mol. The van der Waals surface area contributed by atoms with Crippen molar-refractivity contribution in [2.24, 2.45) is 0 Å². The van der Waals surface area contributed by atoms with Crippen molar-refractivity contribution in [3.8, 4) is 5.69 Å². The van der Waals surface area contributed by atoms with Gasteiger partial charge in [0.2, 0.25) is 5.91 Å². The Morgan fingerprint density at radius 2 is 2.08 bits per heavy atom. The molecule has 0 bridgehead atoms. The van der Waals surface area contributed by atoms with Crippen LogP contribution >= 0.6 is 0 Å². The fraction of sp³-hybridized carbons (Fsp3) is 0.294. The van der Waals surface area contributed by atoms with Gasteiger partial charge >= 0.3 is 6.03 Å². The molecule has 1 heterocycles. The summed E-state index contributed by atoms with van der Waals surface area (Å²) in [5.74, 6) is -0.366. The maximum atomic E-state index is 11.9. The number of carbonyl (C=O) groups excluding carboxylic acids is 2. The highest BCUT2D eigenvalue weighted by Gasteiger charge is 2.16. The molecule has 0 aliphatic heterocycles. The monoisotopic (exact) mass is 342 g/mol. The maximum absolute atomic E-state index is 11.9. The van der Waals surface area contributed by atoms with Crippen LogP contribution in [0.5, 0.6) is 0 Å². The van der Waals surface area contributed by atoms with Gasteiger partial charge in [0.15, 0.2) is 0 Å². The largest absolute Gasteiger partial charge is 0.334 e. The molecule has 0 fully saturated rings. The summed E-state index contributed by atoms with van der Waals surface area (Å²) in [5.41, 5.74) is 1.96. The molecule has 0 spiro atoms. The van der Waals surface area contributed by atoms with E-state index >= 15 is 0 Å². The third-order valence-electron chi connectivity index (χ3n) is 3.77. The topological polar surface area (TPSA) is 92.2 Å². The molecule has 0 aliphatic rings. The number of hydrogen-bond donors (Lipinski definition) is 2. The van der Waals surface area contributed by atoms with E-state index in [0.717, 1.165) is 11.3 Å². The molecule has 25 heavy (non-hydrogen) atoms. The van der Waals surface area contributed by atoms with E-state index < -0.39 is 6.03 Å². The van der Waals surface area contributed by atoms with Crippen LogP contribution in [0, 0.1) is 0 Å². The third kappa shape index (κ3) is 5.25. The van der Waals surface area contributed by atoms with Gasteiger partial charge in [-0.2, -0.15) is 5.10 Å². The number of benzene rings is 1. The lowest BCUT2D eigenvalue weighted by molar-refractivity contribution is -0.121. The van der Waals surface area contributed by atoms with Gasteiger partial charge in [-0.1, -0.05) is 18.2 Å². The van der Waals surface area contributed by atoms with E-state index in [-0.39, 0.29) is 18.5 Å². The van der Waals surface area contributed by atoms with Gasteiger partial charge in [-0.25, -0.2) is 14.5 Å². The van der Waals surface area contributed by atoms with Crippen molar-refractivity contribution >= 4 is 11.9 Å². The Morgan fingerprint density at radius 1 is 1.36 bits per heavy atom. The predicted molar refractivity (Wildman–Crippen MR) is 94.1 cm³/mol. The quantitative estimate of drug-likeness (QED) is 0.739. The third-order valence-corrected chi connectivity index (χ3v) is 3.77. The zero-order valence-electron chi connectivity index (χ0n) is 14.3. The molecule has 0 saturated heterocycles. The number of aromatic nitrogens is 3. The van der Waals surface area contributed by atoms with Gasteiger partial charge < -0.3 is 5.32 Å². The summed E-state index contributed by atoms with van der Waals surface area (Å²) in [6.45, 7) is 5.90. The first kappa shape index (κ1) is 18.3. The average molecular weight is 342 g/mol. The van der Waals surface area contributed by atoms with Crippen molar-refractivity contribution in [2.75, 3.05) is 20.1 Å². The van der Waals surface area contributed by atoms with E-state index in [2.05, 4.69) is 27.3 Å². The highest BCUT2D eigenvalue weighted by atomic mass is 16.2. The smallest absolute Gasteiger partial charge is 0.321 e. The normalized spacial score (nSPS) is 11.8. The van der Waals surface area contributed by atoms with Crippen molar-refractivity contribution in [1.29, 1.82) is 0 Å². The van der Waals surface area contributed by atoms with Crippen LogP contribution in [0.15, 0.2) is 49.6 Å². The molecule has 1 aromatic heterocycles. The summed E-state index contributed by atoms with van der Waals surface area (Å²) in [7, 11) is 1.83. The molecular formula is C17H22N6O2. The molecule has 3 amide bonds. The number of rotatable bonds is 7. The second-order valence-electron chi connectivity index (χ2n) is 5.57. The summed E-state index contributed by atoms with van der Waals surface area (Å²) in [6, 6.07) is 7.32. The summed E-state index contributed by atoms with van der Waals surface area (Å²) in [6.07, 6.45) is 4.65. The SMILES string of the molecule is C=CCNC(=O)NC(=O)CN(C)C(C)c1ccc(-n2cncn2)cc1. The molecule has 132 valence electrons. The molecule has 8 nitrogen and oxygen atoms in total. The molecule has 2 aromatic rings. The van der Waals surface area contributed by atoms with Crippen molar-refractivity contribution in [3.63, 3.8) is 0 Å². The van der Waals surface area contributed by atoms with Crippen molar-refractivity contribution in [1.82, 2.24) is 30.3 Å². The number of amides is 3. The fourth-order valence-electron chi connectivity index (χ4n) is 2.24. The fourth-order valence-corrected chi connectivity index (χ4v) is 2.24. The lowest BCUT2D eigenvalue weighted by Gasteiger charge is -2.24. The summed E-state index contributed by atoms with van der Waals surface area (Å²) >= 11 is 0. The lowest BCUT2D eigenvalue weighted by Crippen LogP contribution is -2.44. The van der Waals surface area contributed by atoms with Crippen molar-refractivity contribution < 1.29 is 9.59 Å². The van der Waals surface area contributed by atoms with Crippen LogP contribution in [0.1, 0.15) is 18.5 Å². The zero-order chi connectivity index (χ0) is 18.2. The Kier molecular flexibility index (Phi) is 6.41. The van der Waals surface area contributed by atoms with Gasteiger partial charge in [-0.05, 0) is 31.7 Å². The Bertz CT molecular complexity index is 711. The molecule has 0 aliphatic carbocycles. The molecule has 0 saturated carbocycles. The summed E-state index contributed by atoms with van der Waals surface area (Å²) < 4.78 is 1.67. The highest BCUT2D eigenvalue weighted by molar-refractivity contribution is 5.95. The maximum Gasteiger partial charge on any atom is 0.321 e. The number of nitrogens with zero attached hydrogens (tertiary/aromatic N) is 4. The van der Waals surface area contributed by atoms with Gasteiger partial charge in [0, 0.05) is 12.6 Å². The van der Waals surface area contributed by atoms with Gasteiger partial charge in [0.25, 0.3) is 0 Å². The van der Waals surface area contributed by atoms with E-state index in [0.29, 0.717) is 6.54 Å². The van der Waals surface area contributed by atoms with Crippen LogP contribution in [-0.2, 0) is 4.79 Å². The van der Waals surface area contributed by atoms with Gasteiger partial charge in [0.05, 0.1) is 12.2 Å². The molecule has 2 N–H and O–H groups in total. The average Bonchev–Trinajstić information content (AvgIpc) is 3.13. The lowest BCUT2D eigenvalue weighted by atomic mass is 10.1. The number of hydrogen-bond acceptors (Lipinski definition) is 5. The first-order valence-electron chi connectivity index (χ1n) is 7.85. The molecule has 0 radical (unpaired) electrons. The Morgan fingerprint density at radius 3 is 2.68 bits per heavy atom. The van der Waals surface area contributed by atoms with Crippen LogP contribution in [-0.4, -0.2) is 51.7 Å². The zero-order valence-corrected chi connectivity index (χ0v) is 14.3. The minimum atomic E-state index is -0.525. The molecule has 1 atom stereocenters. The van der Waals surface area contributed by atoms with Gasteiger partial charge in [0.1, 0.15) is 12.7 Å². The van der Waals surface area contributed by atoms with Crippen molar-refractivity contribution in [2.45, 2.75) is 13.0 Å². The summed E-state index contributed by atoms with van der Waals surface area (Å²) in [5, 5.41) is 8.86. The minimum absolute atomic E-state index is 0.00628. The number of likely N-dealkylation sites (N-methyl/N-ethyl adjacent to an activating group) is 1. The Balaban J connectivity index is 1.90. The van der Waals surface area contributed by atoms with Crippen LogP contribution in [0.3, 0.4) is 0 Å². The first-order chi connectivity index (χ1) is 12.0. The second-order valence-corrected chi connectivity index (χ2v) is 5.57. The standard InChI is InChI=1S/C17H22N6O2/c1-4-9-19-17(25)21-16(24)10-22(3)13(2)14-5-7-15(8-6-14)23-12-18-11-20-23/h4-8,11-13H,1,9-10H2,2-3H3,(H2,19,21,24,25). The van der Waals surface area contributed by atoms with Crippen LogP contribution < -0.4 is 10.6 Å². The van der Waals surface area contributed by atoms with Gasteiger partial charge in [-0.3, -0.25) is 15.0 Å². The van der Waals surface area contributed by atoms with Crippen molar-refractivity contribution in [3.05, 3.63) is 55.1 Å². The molecule has 2 rings (SSSR count). The predicted octanol–water partition coefficient (Wildman–Crippen LogP) is 1.27. The molecule has 1 aromatic carbocycles. The van der Waals surface area contributed by atoms with Crippen LogP contribution in [0.25, 0.3) is 5.69 Å². The van der Waals surface area contributed by atoms with Crippen LogP contribution in [0.2, 0.25) is 0 Å². The van der Waals surface area contributed by atoms with Gasteiger partial charge in [-0.15, -0.1) is 6.58 Å². The number of imide groups is 1. The van der Waals surface area contributed by atoms with E-state index in [1.165, 1.54) is 6.33 Å². The van der Waals surface area contributed by atoms with E-state index in [1.807, 2.05) is 43.1 Å². The van der Waals surface area contributed by atoms with E-state index in [1.54, 1.807) is 17.1 Å². The number of carbonyl (C=O) groups is 2. The first-order valence-corrected chi connectivity index (χ1v) is 7.85. The number of urea groups is 1.